The molecule has 1 amide bonds. The van der Waals surface area contributed by atoms with E-state index in [-0.39, 0.29) is 18.3 Å². The Kier molecular flexibility index (Phi) is 17.8. The Balaban J connectivity index is 0.619. The predicted octanol–water partition coefficient (Wildman–Crippen LogP) is 12.0. The molecule has 0 bridgehead atoms. The summed E-state index contributed by atoms with van der Waals surface area (Å²) in [7, 11) is 0. The van der Waals surface area contributed by atoms with E-state index in [2.05, 4.69) is 102 Å². The van der Waals surface area contributed by atoms with E-state index in [9.17, 15) is 4.79 Å². The number of nitrogens with one attached hydrogen (secondary N) is 2. The highest BCUT2D eigenvalue weighted by atomic mass is 32.1. The second-order valence-electron chi connectivity index (χ2n) is 19.3. The number of rotatable bonds is 27. The molecule has 0 unspecified atom stereocenters. The summed E-state index contributed by atoms with van der Waals surface area (Å²) in [5.41, 5.74) is 13.7. The number of aromatic nitrogens is 5. The quantitative estimate of drug-likeness (QED) is 0.0485. The fourth-order valence-electron chi connectivity index (χ4n) is 10.4. The van der Waals surface area contributed by atoms with Crippen LogP contribution in [0.25, 0.3) is 55.2 Å². The standard InChI is InChI=1S/C58H71FN8O4S/c1-4-66-52-21-15-44(34-48(52)47-20-18-45(37-54(47)66)51-39-72-40-62-51)38-60-25-13-11-9-7-5-6-8-10-12-14-57(68)61-26-31-70-55-23-16-43(35-49(55)59)17-24-56-63-50-36-46(58-41(2)64-71-42(58)3)19-22-53(50)67(56)28-27-65-29-32-69-33-30-65/h15-16,18-23,34-37,39-40,60H,4-14,17,24-33,38H2,1-3H3,(H,61,68). The molecule has 4 aromatic heterocycles. The van der Waals surface area contributed by atoms with Crippen LogP contribution in [0.1, 0.15) is 99.5 Å². The summed E-state index contributed by atoms with van der Waals surface area (Å²) in [6.07, 6.45) is 12.3. The van der Waals surface area contributed by atoms with Crippen molar-refractivity contribution in [2.75, 3.05) is 52.5 Å². The summed E-state index contributed by atoms with van der Waals surface area (Å²) in [6.45, 7) is 14.6. The molecule has 4 aromatic carbocycles. The average molecular weight is 995 g/mol. The van der Waals surface area contributed by atoms with Crippen LogP contribution in [0.3, 0.4) is 0 Å². The zero-order valence-electron chi connectivity index (χ0n) is 42.4. The van der Waals surface area contributed by atoms with Crippen molar-refractivity contribution in [3.8, 4) is 28.1 Å². The van der Waals surface area contributed by atoms with E-state index < -0.39 is 5.82 Å². The SMILES string of the molecule is CCn1c2ccc(CNCCCCCCCCCCCC(=O)NCCOc3ccc(CCc4nc5cc(-c6c(C)noc6C)ccc5n4CCN4CCOCC4)cc3F)cc2c2ccc(-c3cscn3)cc21. The molecule has 0 spiro atoms. The van der Waals surface area contributed by atoms with Gasteiger partial charge in [-0.15, -0.1) is 11.3 Å². The fourth-order valence-corrected chi connectivity index (χ4v) is 10.9. The number of fused-ring (bicyclic) bond motifs is 4. The Morgan fingerprint density at radius 3 is 2.32 bits per heavy atom. The second kappa shape index (κ2) is 25.1. The van der Waals surface area contributed by atoms with Crippen LogP contribution in [0.15, 0.2) is 88.2 Å². The molecule has 380 valence electrons. The molecular weight excluding hydrogens is 924 g/mol. The van der Waals surface area contributed by atoms with Crippen LogP contribution < -0.4 is 15.4 Å². The van der Waals surface area contributed by atoms with E-state index in [1.807, 2.05) is 25.4 Å². The van der Waals surface area contributed by atoms with Gasteiger partial charge in [-0.3, -0.25) is 9.69 Å². The Hall–Kier alpha value is -5.93. The van der Waals surface area contributed by atoms with Crippen LogP contribution in [0.5, 0.6) is 5.75 Å². The largest absolute Gasteiger partial charge is 0.489 e. The molecule has 2 N–H and O–H groups in total. The first-order chi connectivity index (χ1) is 35.3. The number of thiazole rings is 1. The van der Waals surface area contributed by atoms with E-state index >= 15 is 4.39 Å². The van der Waals surface area contributed by atoms with Gasteiger partial charge in [-0.1, -0.05) is 80.4 Å². The molecule has 1 saturated heterocycles. The summed E-state index contributed by atoms with van der Waals surface area (Å²) in [5.74, 6) is 1.56. The van der Waals surface area contributed by atoms with Gasteiger partial charge >= 0.3 is 0 Å². The van der Waals surface area contributed by atoms with Gasteiger partial charge in [-0.05, 0) is 106 Å². The fraction of sp³-hybridized carbons (Fsp3) is 0.448. The lowest BCUT2D eigenvalue weighted by molar-refractivity contribution is -0.121. The van der Waals surface area contributed by atoms with Gasteiger partial charge < -0.3 is 33.8 Å². The van der Waals surface area contributed by atoms with Gasteiger partial charge in [0.25, 0.3) is 0 Å². The van der Waals surface area contributed by atoms with Crippen molar-refractivity contribution in [3.05, 3.63) is 118 Å². The first-order valence-electron chi connectivity index (χ1n) is 26.4. The highest BCUT2D eigenvalue weighted by Gasteiger charge is 2.19. The van der Waals surface area contributed by atoms with E-state index in [0.717, 1.165) is 129 Å². The number of morpholine rings is 1. The molecule has 12 nitrogen and oxygen atoms in total. The van der Waals surface area contributed by atoms with Crippen LogP contribution in [0.2, 0.25) is 0 Å². The zero-order chi connectivity index (χ0) is 49.7. The van der Waals surface area contributed by atoms with Crippen molar-refractivity contribution < 1.29 is 23.2 Å². The third kappa shape index (κ3) is 12.8. The molecule has 0 aliphatic carbocycles. The first kappa shape index (κ1) is 51.0. The van der Waals surface area contributed by atoms with Crippen LogP contribution >= 0.6 is 11.3 Å². The predicted molar refractivity (Wildman–Crippen MR) is 288 cm³/mol. The van der Waals surface area contributed by atoms with E-state index in [0.29, 0.717) is 25.8 Å². The molecule has 1 aliphatic heterocycles. The number of unbranched alkanes of at least 4 members (excludes halogenated alkanes) is 8. The van der Waals surface area contributed by atoms with Crippen molar-refractivity contribution in [1.82, 2.24) is 39.8 Å². The summed E-state index contributed by atoms with van der Waals surface area (Å²) in [5, 5.41) is 15.5. The van der Waals surface area contributed by atoms with Gasteiger partial charge in [0.2, 0.25) is 5.91 Å². The van der Waals surface area contributed by atoms with Crippen molar-refractivity contribution in [2.24, 2.45) is 0 Å². The number of ether oxygens (including phenoxy) is 2. The molecule has 1 fully saturated rings. The van der Waals surface area contributed by atoms with Crippen molar-refractivity contribution >= 4 is 50.1 Å². The summed E-state index contributed by atoms with van der Waals surface area (Å²) < 4.78 is 36.8. The Morgan fingerprint density at radius 2 is 1.56 bits per heavy atom. The highest BCUT2D eigenvalue weighted by molar-refractivity contribution is 7.07. The van der Waals surface area contributed by atoms with Crippen LogP contribution in [0.4, 0.5) is 4.39 Å². The summed E-state index contributed by atoms with van der Waals surface area (Å²) in [6, 6.07) is 25.2. The number of carbonyl (C=O) groups is 1. The van der Waals surface area contributed by atoms with Crippen molar-refractivity contribution in [1.29, 1.82) is 0 Å². The van der Waals surface area contributed by atoms with Gasteiger partial charge in [-0.25, -0.2) is 14.4 Å². The maximum Gasteiger partial charge on any atom is 0.220 e. The topological polar surface area (TPSA) is 125 Å². The number of hydrogen-bond acceptors (Lipinski definition) is 10. The summed E-state index contributed by atoms with van der Waals surface area (Å²) >= 11 is 1.63. The lowest BCUT2D eigenvalue weighted by Crippen LogP contribution is -2.38. The number of benzene rings is 4. The van der Waals surface area contributed by atoms with Crippen LogP contribution in [-0.4, -0.2) is 87.6 Å². The number of imidazole rings is 1. The number of hydrogen-bond donors (Lipinski definition) is 2. The maximum atomic E-state index is 15.3. The third-order valence-corrected chi connectivity index (χ3v) is 14.9. The molecular formula is C58H71FN8O4S. The number of halogens is 1. The van der Waals surface area contributed by atoms with Crippen molar-refractivity contribution in [3.63, 3.8) is 0 Å². The normalized spacial score (nSPS) is 13.3. The molecule has 1 aliphatic rings. The molecule has 0 atom stereocenters. The lowest BCUT2D eigenvalue weighted by Gasteiger charge is -2.27. The number of nitrogens with zero attached hydrogens (tertiary/aromatic N) is 6. The lowest BCUT2D eigenvalue weighted by atomic mass is 10.0. The Bertz CT molecular complexity index is 3010. The van der Waals surface area contributed by atoms with Gasteiger partial charge in [0.05, 0.1) is 47.7 Å². The van der Waals surface area contributed by atoms with Gasteiger partial charge in [0.1, 0.15) is 18.2 Å². The minimum absolute atomic E-state index is 0.0186. The van der Waals surface area contributed by atoms with E-state index in [1.54, 1.807) is 23.5 Å². The molecule has 0 saturated carbocycles. The average Bonchev–Trinajstić information content (AvgIpc) is 4.20. The molecule has 14 heteroatoms. The minimum atomic E-state index is -0.402. The van der Waals surface area contributed by atoms with Crippen molar-refractivity contribution in [2.45, 2.75) is 117 Å². The minimum Gasteiger partial charge on any atom is -0.489 e. The molecule has 9 rings (SSSR count). The smallest absolute Gasteiger partial charge is 0.220 e. The molecule has 8 aromatic rings. The van der Waals surface area contributed by atoms with Crippen LogP contribution in [0, 0.1) is 19.7 Å². The zero-order valence-corrected chi connectivity index (χ0v) is 43.3. The number of aryl methyl sites for hydroxylation is 5. The maximum absolute atomic E-state index is 15.3. The molecule has 72 heavy (non-hydrogen) atoms. The van der Waals surface area contributed by atoms with E-state index in [4.69, 9.17) is 19.0 Å². The Labute approximate surface area is 427 Å². The van der Waals surface area contributed by atoms with Gasteiger partial charge in [-0.2, -0.15) is 0 Å². The summed E-state index contributed by atoms with van der Waals surface area (Å²) in [4.78, 5) is 24.6. The monoisotopic (exact) mass is 995 g/mol. The second-order valence-corrected chi connectivity index (χ2v) is 20.0. The third-order valence-electron chi connectivity index (χ3n) is 14.3. The molecule has 5 heterocycles. The highest BCUT2D eigenvalue weighted by Crippen LogP contribution is 2.34. The first-order valence-corrected chi connectivity index (χ1v) is 27.3. The van der Waals surface area contributed by atoms with E-state index in [1.165, 1.54) is 71.5 Å². The number of amides is 1. The number of carbonyl (C=O) groups excluding carboxylic acids is 1. The van der Waals surface area contributed by atoms with Gasteiger partial charge in [0, 0.05) is 90.4 Å². The Morgan fingerprint density at radius 1 is 0.778 bits per heavy atom. The van der Waals surface area contributed by atoms with Gasteiger partial charge in [0.15, 0.2) is 11.6 Å². The van der Waals surface area contributed by atoms with Crippen LogP contribution in [-0.2, 0) is 42.0 Å². The molecule has 0 radical (unpaired) electrons.